The second-order valence-corrected chi connectivity index (χ2v) is 10.8. The van der Waals surface area contributed by atoms with Gasteiger partial charge >= 0.3 is 5.97 Å². The topological polar surface area (TPSA) is 63.6 Å². The molecule has 5 heterocycles. The third kappa shape index (κ3) is 3.83. The molecule has 2 aromatic heterocycles. The summed E-state index contributed by atoms with van der Waals surface area (Å²) in [5, 5.41) is 15.3. The van der Waals surface area contributed by atoms with E-state index < -0.39 is 11.6 Å². The molecule has 6 rings (SSSR count). The number of carbonyl (C=O) groups excluding carboxylic acids is 2. The van der Waals surface area contributed by atoms with E-state index in [2.05, 4.69) is 0 Å². The van der Waals surface area contributed by atoms with Crippen LogP contribution in [0, 0.1) is 5.92 Å². The summed E-state index contributed by atoms with van der Waals surface area (Å²) < 4.78 is 6.70. The van der Waals surface area contributed by atoms with Crippen LogP contribution in [0.25, 0.3) is 0 Å². The van der Waals surface area contributed by atoms with E-state index in [4.69, 9.17) is 4.74 Å². The van der Waals surface area contributed by atoms with Crippen molar-refractivity contribution in [1.82, 2.24) is 0 Å². The molecule has 0 radical (unpaired) electrons. The van der Waals surface area contributed by atoms with Crippen molar-refractivity contribution in [3.8, 4) is 0 Å². The number of rotatable bonds is 7. The summed E-state index contributed by atoms with van der Waals surface area (Å²) in [5.74, 6) is -0.208. The first kappa shape index (κ1) is 21.5. The monoisotopic (exact) mass is 468 g/mol. The maximum absolute atomic E-state index is 13.4. The van der Waals surface area contributed by atoms with E-state index in [0.29, 0.717) is 27.3 Å². The molecule has 32 heavy (non-hydrogen) atoms. The number of esters is 1. The van der Waals surface area contributed by atoms with Gasteiger partial charge in [0.05, 0.1) is 22.8 Å². The van der Waals surface area contributed by atoms with Gasteiger partial charge in [0.1, 0.15) is 13.1 Å². The van der Waals surface area contributed by atoms with E-state index in [1.807, 2.05) is 53.2 Å². The average Bonchev–Trinajstić information content (AvgIpc) is 3.54. The average molecular weight is 469 g/mol. The Morgan fingerprint density at radius 2 is 1.59 bits per heavy atom. The van der Waals surface area contributed by atoms with Crippen molar-refractivity contribution in [2.75, 3.05) is 26.2 Å². The minimum absolute atomic E-state index is 0.129. The minimum atomic E-state index is -1.79. The molecule has 3 fully saturated rings. The number of thiophene rings is 2. The fraction of sp³-hybridized carbons (Fsp3) is 0.360. The van der Waals surface area contributed by atoms with Gasteiger partial charge in [-0.25, -0.2) is 4.79 Å². The van der Waals surface area contributed by atoms with E-state index >= 15 is 0 Å². The van der Waals surface area contributed by atoms with Crippen LogP contribution in [0.4, 0.5) is 0 Å². The normalized spacial score (nSPS) is 24.9. The van der Waals surface area contributed by atoms with Crippen LogP contribution in [0.15, 0.2) is 65.4 Å². The highest BCUT2D eigenvalue weighted by molar-refractivity contribution is 7.12. The van der Waals surface area contributed by atoms with E-state index in [0.717, 1.165) is 31.5 Å². The van der Waals surface area contributed by atoms with Crippen LogP contribution in [-0.2, 0) is 15.1 Å². The first-order chi connectivity index (χ1) is 15.5. The molecule has 1 aromatic carbocycles. The number of quaternary nitrogens is 1. The Hall–Kier alpha value is -2.32. The van der Waals surface area contributed by atoms with Gasteiger partial charge in [-0.2, -0.15) is 0 Å². The van der Waals surface area contributed by atoms with Crippen LogP contribution in [0.3, 0.4) is 0 Å². The number of hydrogen-bond donors (Lipinski definition) is 1. The fourth-order valence-corrected chi connectivity index (χ4v) is 6.83. The van der Waals surface area contributed by atoms with Gasteiger partial charge in [0.2, 0.25) is 11.4 Å². The number of piperidine rings is 3. The third-order valence-electron chi connectivity index (χ3n) is 6.93. The van der Waals surface area contributed by atoms with E-state index in [-0.39, 0.29) is 17.8 Å². The number of carbonyl (C=O) groups is 2. The summed E-state index contributed by atoms with van der Waals surface area (Å²) >= 11 is 2.69. The number of benzene rings is 1. The standard InChI is InChI=1S/C25H26NO4S2/c27-20(18-6-2-1-3-7-18)16-26-12-10-19(11-13-26)21(17-26)30-24(28)25(29,22-8-4-14-31-22)23-9-5-15-32-23/h1-9,14-15,19,21,29H,10-13,16-17H2/q+1/t19?,21-,26?/m0/s1. The summed E-state index contributed by atoms with van der Waals surface area (Å²) in [5.41, 5.74) is -1.06. The van der Waals surface area contributed by atoms with Gasteiger partial charge in [-0.05, 0) is 22.9 Å². The predicted octanol–water partition coefficient (Wildman–Crippen LogP) is 4.08. The highest BCUT2D eigenvalue weighted by atomic mass is 32.1. The highest BCUT2D eigenvalue weighted by Crippen LogP contribution is 2.40. The molecule has 1 atom stereocenters. The molecule has 3 saturated heterocycles. The number of hydrogen-bond acceptors (Lipinski definition) is 6. The smallest absolute Gasteiger partial charge is 0.349 e. The molecule has 0 unspecified atom stereocenters. The van der Waals surface area contributed by atoms with Crippen molar-refractivity contribution in [3.63, 3.8) is 0 Å². The van der Waals surface area contributed by atoms with Gasteiger partial charge < -0.3 is 14.3 Å². The van der Waals surface area contributed by atoms with Crippen molar-refractivity contribution >= 4 is 34.4 Å². The van der Waals surface area contributed by atoms with Crippen molar-refractivity contribution in [2.24, 2.45) is 5.92 Å². The second kappa shape index (κ2) is 8.56. The quantitative estimate of drug-likeness (QED) is 0.322. The zero-order chi connectivity index (χ0) is 22.2. The number of Topliss-reactive ketones (excluding diaryl/α,β-unsaturated/α-hetero) is 1. The Kier molecular flexibility index (Phi) is 5.75. The van der Waals surface area contributed by atoms with Crippen molar-refractivity contribution < 1.29 is 23.9 Å². The van der Waals surface area contributed by atoms with Crippen LogP contribution in [-0.4, -0.2) is 53.6 Å². The number of ether oxygens (including phenoxy) is 1. The lowest BCUT2D eigenvalue weighted by Crippen LogP contribution is -2.66. The molecule has 0 spiro atoms. The molecular formula is C25H26NO4S2+. The molecule has 2 bridgehead atoms. The number of fused-ring (bicyclic) bond motifs is 3. The van der Waals surface area contributed by atoms with Crippen molar-refractivity contribution in [2.45, 2.75) is 24.5 Å². The van der Waals surface area contributed by atoms with Crippen LogP contribution in [0.5, 0.6) is 0 Å². The molecule has 7 heteroatoms. The zero-order valence-corrected chi connectivity index (χ0v) is 19.3. The maximum atomic E-state index is 13.4. The number of nitrogens with zero attached hydrogens (tertiary/aromatic N) is 1. The molecule has 0 amide bonds. The fourth-order valence-electron chi connectivity index (χ4n) is 5.11. The molecule has 3 aliphatic rings. The van der Waals surface area contributed by atoms with Gasteiger partial charge in [0, 0.05) is 24.3 Å². The molecule has 3 aromatic rings. The Morgan fingerprint density at radius 1 is 0.969 bits per heavy atom. The number of ketones is 1. The summed E-state index contributed by atoms with van der Waals surface area (Å²) in [6, 6.07) is 16.6. The lowest BCUT2D eigenvalue weighted by Gasteiger charge is -2.51. The molecule has 5 nitrogen and oxygen atoms in total. The van der Waals surface area contributed by atoms with Gasteiger partial charge in [-0.1, -0.05) is 42.5 Å². The lowest BCUT2D eigenvalue weighted by atomic mass is 9.82. The molecule has 166 valence electrons. The third-order valence-corrected chi connectivity index (χ3v) is 8.88. The van der Waals surface area contributed by atoms with Gasteiger partial charge in [-0.3, -0.25) is 4.79 Å². The lowest BCUT2D eigenvalue weighted by molar-refractivity contribution is -0.938. The van der Waals surface area contributed by atoms with Gasteiger partial charge in [0.15, 0.2) is 6.10 Å². The Labute approximate surface area is 195 Å². The summed E-state index contributed by atoms with van der Waals surface area (Å²) in [7, 11) is 0. The van der Waals surface area contributed by atoms with Crippen molar-refractivity contribution in [3.05, 3.63) is 80.7 Å². The van der Waals surface area contributed by atoms with Crippen LogP contribution in [0.1, 0.15) is 33.0 Å². The Bertz CT molecular complexity index is 1040. The van der Waals surface area contributed by atoms with E-state index in [9.17, 15) is 14.7 Å². The van der Waals surface area contributed by atoms with Crippen LogP contribution in [0.2, 0.25) is 0 Å². The molecule has 0 saturated carbocycles. The highest BCUT2D eigenvalue weighted by Gasteiger charge is 2.51. The summed E-state index contributed by atoms with van der Waals surface area (Å²) in [4.78, 5) is 27.5. The van der Waals surface area contributed by atoms with E-state index in [1.165, 1.54) is 22.7 Å². The summed E-state index contributed by atoms with van der Waals surface area (Å²) in [6.45, 7) is 2.90. The van der Waals surface area contributed by atoms with Crippen LogP contribution >= 0.6 is 22.7 Å². The van der Waals surface area contributed by atoms with Crippen LogP contribution < -0.4 is 0 Å². The largest absolute Gasteiger partial charge is 0.453 e. The Balaban J connectivity index is 1.35. The molecule has 1 N–H and O–H groups in total. The van der Waals surface area contributed by atoms with Gasteiger partial charge in [0.25, 0.3) is 0 Å². The van der Waals surface area contributed by atoms with Gasteiger partial charge in [-0.15, -0.1) is 22.7 Å². The molecule has 0 aliphatic carbocycles. The predicted molar refractivity (Wildman–Crippen MR) is 125 cm³/mol. The zero-order valence-electron chi connectivity index (χ0n) is 17.7. The second-order valence-electron chi connectivity index (χ2n) is 8.86. The Morgan fingerprint density at radius 3 is 2.16 bits per heavy atom. The molecule has 3 aliphatic heterocycles. The first-order valence-corrected chi connectivity index (χ1v) is 12.7. The maximum Gasteiger partial charge on any atom is 0.349 e. The minimum Gasteiger partial charge on any atom is -0.453 e. The van der Waals surface area contributed by atoms with Crippen molar-refractivity contribution in [1.29, 1.82) is 0 Å². The molecular weight excluding hydrogens is 442 g/mol. The first-order valence-electron chi connectivity index (χ1n) is 10.9. The number of aliphatic hydroxyl groups is 1. The SMILES string of the molecule is O=C(C[N+]12CCC(CC1)[C@@H](OC(=O)C(O)(c1cccs1)c1cccs1)C2)c1ccccc1. The van der Waals surface area contributed by atoms with E-state index in [1.54, 1.807) is 12.1 Å². The summed E-state index contributed by atoms with van der Waals surface area (Å²) in [6.07, 6.45) is 1.56.